The van der Waals surface area contributed by atoms with Crippen LogP contribution < -0.4 is 0 Å². The van der Waals surface area contributed by atoms with E-state index in [9.17, 15) is 0 Å². The number of rotatable bonds is 3. The van der Waals surface area contributed by atoms with E-state index in [0.717, 1.165) is 12.8 Å². The molecule has 19 heavy (non-hydrogen) atoms. The molecule has 1 aliphatic heterocycles. The van der Waals surface area contributed by atoms with E-state index < -0.39 is 13.2 Å². The van der Waals surface area contributed by atoms with E-state index in [2.05, 4.69) is 24.8 Å². The molecule has 1 N–H and O–H groups in total. The first-order valence-electron chi connectivity index (χ1n) is 5.85. The molecule has 0 aromatic carbocycles. The molecular weight excluding hydrogens is 356 g/mol. The van der Waals surface area contributed by atoms with Gasteiger partial charge in [-0.25, -0.2) is 0 Å². The molecule has 0 atom stereocenters. The second-order valence-electron chi connectivity index (χ2n) is 4.61. The monoisotopic (exact) mass is 378 g/mol. The summed E-state index contributed by atoms with van der Waals surface area (Å²) in [5.74, 6) is 0. The van der Waals surface area contributed by atoms with Crippen LogP contribution in [0, 0.1) is 28.9 Å². The van der Waals surface area contributed by atoms with Gasteiger partial charge in [-0.05, 0) is 19.3 Å². The van der Waals surface area contributed by atoms with Crippen molar-refractivity contribution in [3.05, 3.63) is 29.7 Å². The summed E-state index contributed by atoms with van der Waals surface area (Å²) in [6.45, 7) is 2.51. The Morgan fingerprint density at radius 1 is 1.42 bits per heavy atom. The van der Waals surface area contributed by atoms with Gasteiger partial charge in [-0.3, -0.25) is 0 Å². The maximum atomic E-state index is 8.49. The van der Waals surface area contributed by atoms with Crippen LogP contribution in [0.5, 0.6) is 0 Å². The number of unbranched alkanes of at least 4 members (excludes halogenated alkanes) is 1. The first kappa shape index (κ1) is 23.5. The number of nitriles is 1. The van der Waals surface area contributed by atoms with Crippen molar-refractivity contribution in [3.63, 3.8) is 0 Å². The largest absolute Gasteiger partial charge is 1.00 e. The molecule has 0 spiro atoms. The average molecular weight is 379 g/mol. The summed E-state index contributed by atoms with van der Waals surface area (Å²) in [6.07, 6.45) is 9.14. The van der Waals surface area contributed by atoms with Crippen LogP contribution in [0.25, 0.3) is 0 Å². The molecule has 0 bridgehead atoms. The number of allylic oxidation sites excluding steroid dienone is 2. The Bertz CT molecular complexity index is 292. The van der Waals surface area contributed by atoms with E-state index in [1.54, 1.807) is 0 Å². The Balaban J connectivity index is -0.000000379. The van der Waals surface area contributed by atoms with Gasteiger partial charge in [-0.2, -0.15) is 5.26 Å². The van der Waals surface area contributed by atoms with Crippen molar-refractivity contribution in [3.8, 4) is 6.07 Å². The van der Waals surface area contributed by atoms with Crippen molar-refractivity contribution < 1.29 is 32.7 Å². The molecular formula is C12H23AgN2O3Si. The minimum absolute atomic E-state index is 0. The zero-order valence-corrected chi connectivity index (χ0v) is 14.0. The van der Waals surface area contributed by atoms with Crippen molar-refractivity contribution in [2.45, 2.75) is 50.4 Å². The molecule has 0 saturated carbocycles. The molecule has 114 valence electrons. The smallest absolute Gasteiger partial charge is 0.358 e. The van der Waals surface area contributed by atoms with Gasteiger partial charge >= 0.3 is 22.4 Å². The third-order valence-electron chi connectivity index (χ3n) is 3.06. The Kier molecular flexibility index (Phi) is 17.1. The van der Waals surface area contributed by atoms with E-state index in [1.807, 2.05) is 0 Å². The van der Waals surface area contributed by atoms with Gasteiger partial charge in [-0.1, -0.05) is 36.8 Å². The summed E-state index contributed by atoms with van der Waals surface area (Å²) in [4.78, 5) is 8.36. The molecule has 0 aliphatic carbocycles. The van der Waals surface area contributed by atoms with Crippen molar-refractivity contribution >= 4 is 8.07 Å². The van der Waals surface area contributed by atoms with Gasteiger partial charge in [0.15, 0.2) is 0 Å². The van der Waals surface area contributed by atoms with E-state index in [0.29, 0.717) is 0 Å². The fourth-order valence-corrected chi connectivity index (χ4v) is 5.58. The van der Waals surface area contributed by atoms with Gasteiger partial charge in [0.2, 0.25) is 0 Å². The summed E-state index contributed by atoms with van der Waals surface area (Å²) in [7, 11) is -0.938. The van der Waals surface area contributed by atoms with Crippen LogP contribution in [0.15, 0.2) is 12.2 Å². The molecule has 1 rings (SSSR count). The van der Waals surface area contributed by atoms with Crippen LogP contribution in [0.1, 0.15) is 25.7 Å². The predicted molar refractivity (Wildman–Crippen MR) is 74.5 cm³/mol. The first-order valence-corrected chi connectivity index (χ1v) is 8.97. The third kappa shape index (κ3) is 15.3. The third-order valence-corrected chi connectivity index (χ3v) is 7.62. The number of hydrogen-bond donors (Lipinski definition) is 1. The van der Waals surface area contributed by atoms with Crippen molar-refractivity contribution in [1.82, 2.24) is 0 Å². The minimum atomic E-state index is -1.50. The maximum Gasteiger partial charge on any atom is 1.00 e. The van der Waals surface area contributed by atoms with Crippen LogP contribution in [0.2, 0.25) is 24.7 Å². The SMILES string of the molecule is C[Si]1(CCCC#N)CCC=CCC1.O=[N+]([O-])O.[Ag+].[CH3-]. The predicted octanol–water partition coefficient (Wildman–Crippen LogP) is 3.82. The molecule has 0 fully saturated rings. The van der Waals surface area contributed by atoms with E-state index >= 15 is 0 Å². The fourth-order valence-electron chi connectivity index (χ4n) is 2.07. The van der Waals surface area contributed by atoms with E-state index in [4.69, 9.17) is 20.6 Å². The summed E-state index contributed by atoms with van der Waals surface area (Å²) in [6, 6.07) is 6.49. The normalized spacial score (nSPS) is 15.4. The van der Waals surface area contributed by atoms with Crippen LogP contribution in [0.4, 0.5) is 0 Å². The average Bonchev–Trinajstić information content (AvgIpc) is 2.43. The molecule has 0 amide bonds. The Morgan fingerprint density at radius 3 is 2.21 bits per heavy atom. The molecule has 0 aromatic rings. The Hall–Kier alpha value is -0.613. The second-order valence-corrected chi connectivity index (χ2v) is 9.73. The Labute approximate surface area is 132 Å². The van der Waals surface area contributed by atoms with Gasteiger partial charge in [0.1, 0.15) is 0 Å². The van der Waals surface area contributed by atoms with E-state index in [1.165, 1.54) is 31.0 Å². The van der Waals surface area contributed by atoms with Crippen LogP contribution in [-0.4, -0.2) is 18.4 Å². The number of hydrogen-bond acceptors (Lipinski definition) is 3. The van der Waals surface area contributed by atoms with Gasteiger partial charge < -0.3 is 12.6 Å². The summed E-state index contributed by atoms with van der Waals surface area (Å²) < 4.78 is 0. The minimum Gasteiger partial charge on any atom is -0.358 e. The standard InChI is InChI=1S/C11H19NSi.CH3.Ag.HNO3/c1-13(11-7-4-8-12)9-5-2-3-6-10-13;;;2-1(3)4/h2-3H,4-7,9-11H2,1H3;1H3;;(H,2,3,4)/q;-1;+1;. The zero-order valence-electron chi connectivity index (χ0n) is 11.6. The molecule has 1 heterocycles. The molecule has 0 unspecified atom stereocenters. The molecule has 0 saturated heterocycles. The van der Waals surface area contributed by atoms with Gasteiger partial charge in [-0.15, -0.1) is 10.1 Å². The zero-order chi connectivity index (χ0) is 13.1. The second kappa shape index (κ2) is 13.8. The fraction of sp³-hybridized carbons (Fsp3) is 0.667. The topological polar surface area (TPSA) is 87.2 Å². The maximum absolute atomic E-state index is 8.49. The van der Waals surface area contributed by atoms with Gasteiger partial charge in [0.05, 0.1) is 14.1 Å². The van der Waals surface area contributed by atoms with Crippen molar-refractivity contribution in [2.24, 2.45) is 0 Å². The quantitative estimate of drug-likeness (QED) is 0.202. The van der Waals surface area contributed by atoms with Crippen molar-refractivity contribution in [2.75, 3.05) is 0 Å². The van der Waals surface area contributed by atoms with Crippen molar-refractivity contribution in [1.29, 1.82) is 5.26 Å². The van der Waals surface area contributed by atoms with E-state index in [-0.39, 0.29) is 29.8 Å². The summed E-state index contributed by atoms with van der Waals surface area (Å²) in [5, 5.41) is 22.1. The van der Waals surface area contributed by atoms with Gasteiger partial charge in [0.25, 0.3) is 5.09 Å². The molecule has 5 nitrogen and oxygen atoms in total. The summed E-state index contributed by atoms with van der Waals surface area (Å²) in [5.41, 5.74) is 0. The molecule has 0 radical (unpaired) electrons. The molecule has 7 heteroatoms. The Morgan fingerprint density at radius 2 is 1.84 bits per heavy atom. The number of nitrogens with zero attached hydrogens (tertiary/aromatic N) is 2. The first-order chi connectivity index (χ1) is 8.00. The van der Waals surface area contributed by atoms with Crippen LogP contribution >= 0.6 is 0 Å². The van der Waals surface area contributed by atoms with Crippen LogP contribution in [-0.2, 0) is 22.4 Å². The van der Waals surface area contributed by atoms with Crippen LogP contribution in [0.3, 0.4) is 0 Å². The van der Waals surface area contributed by atoms with Gasteiger partial charge in [0, 0.05) is 6.42 Å². The molecule has 1 aliphatic rings. The summed E-state index contributed by atoms with van der Waals surface area (Å²) >= 11 is 0. The molecule has 0 aromatic heterocycles.